The van der Waals surface area contributed by atoms with E-state index in [9.17, 15) is 0 Å². The molecule has 18 heavy (non-hydrogen) atoms. The molecule has 1 aliphatic rings. The highest BCUT2D eigenvalue weighted by Gasteiger charge is 2.22. The van der Waals surface area contributed by atoms with Crippen LogP contribution in [0.4, 0.5) is 0 Å². The van der Waals surface area contributed by atoms with Crippen molar-refractivity contribution < 1.29 is 4.74 Å². The van der Waals surface area contributed by atoms with Gasteiger partial charge in [-0.2, -0.15) is 5.26 Å². The zero-order valence-corrected chi connectivity index (χ0v) is 11.3. The van der Waals surface area contributed by atoms with Crippen molar-refractivity contribution in [2.45, 2.75) is 52.1 Å². The van der Waals surface area contributed by atoms with Crippen LogP contribution in [0.2, 0.25) is 0 Å². The minimum atomic E-state index is 0.290. The number of nitrogens with zero attached hydrogens (tertiary/aromatic N) is 1. The number of hydrogen-bond donors (Lipinski definition) is 0. The van der Waals surface area contributed by atoms with E-state index in [0.29, 0.717) is 11.7 Å². The summed E-state index contributed by atoms with van der Waals surface area (Å²) in [6.07, 6.45) is 6.36. The van der Waals surface area contributed by atoms with Gasteiger partial charge in [-0.15, -0.1) is 0 Å². The van der Waals surface area contributed by atoms with E-state index >= 15 is 0 Å². The van der Waals surface area contributed by atoms with Gasteiger partial charge < -0.3 is 4.74 Å². The molecule has 0 N–H and O–H groups in total. The minimum Gasteiger partial charge on any atom is -0.489 e. The smallest absolute Gasteiger partial charge is 0.137 e. The fraction of sp³-hybridized carbons (Fsp3) is 0.562. The zero-order chi connectivity index (χ0) is 13.0. The summed E-state index contributed by atoms with van der Waals surface area (Å²) in [6.45, 7) is 4.25. The van der Waals surface area contributed by atoms with Crippen molar-refractivity contribution in [2.75, 3.05) is 0 Å². The standard InChI is InChI=1S/C16H21NO/c1-3-13-5-4-6-15(10-13)18-16-8-7-12(2)9-14(16)11-17/h7-9,13,15H,3-6,10H2,1-2H3. The van der Waals surface area contributed by atoms with Gasteiger partial charge in [-0.05, 0) is 49.8 Å². The van der Waals surface area contributed by atoms with Crippen molar-refractivity contribution in [3.63, 3.8) is 0 Å². The quantitative estimate of drug-likeness (QED) is 0.796. The molecular formula is C16H21NO. The number of rotatable bonds is 3. The average molecular weight is 243 g/mol. The van der Waals surface area contributed by atoms with Gasteiger partial charge in [0.2, 0.25) is 0 Å². The predicted molar refractivity (Wildman–Crippen MR) is 72.6 cm³/mol. The maximum atomic E-state index is 9.14. The van der Waals surface area contributed by atoms with Crippen LogP contribution in [-0.4, -0.2) is 6.10 Å². The van der Waals surface area contributed by atoms with Crippen LogP contribution in [0.15, 0.2) is 18.2 Å². The molecule has 0 aromatic heterocycles. The second-order valence-corrected chi connectivity index (χ2v) is 5.29. The molecule has 1 fully saturated rings. The Balaban J connectivity index is 2.07. The van der Waals surface area contributed by atoms with Crippen LogP contribution in [-0.2, 0) is 0 Å². The summed E-state index contributed by atoms with van der Waals surface area (Å²) in [7, 11) is 0. The Hall–Kier alpha value is -1.49. The third-order valence-electron chi connectivity index (χ3n) is 3.86. The number of nitriles is 1. The second-order valence-electron chi connectivity index (χ2n) is 5.29. The van der Waals surface area contributed by atoms with Gasteiger partial charge in [0, 0.05) is 0 Å². The van der Waals surface area contributed by atoms with E-state index in [-0.39, 0.29) is 0 Å². The van der Waals surface area contributed by atoms with Gasteiger partial charge >= 0.3 is 0 Å². The van der Waals surface area contributed by atoms with Crippen molar-refractivity contribution in [1.29, 1.82) is 5.26 Å². The number of aryl methyl sites for hydroxylation is 1. The molecule has 0 saturated heterocycles. The van der Waals surface area contributed by atoms with Gasteiger partial charge in [-0.1, -0.05) is 25.8 Å². The van der Waals surface area contributed by atoms with E-state index in [1.54, 1.807) is 0 Å². The van der Waals surface area contributed by atoms with E-state index < -0.39 is 0 Å². The maximum absolute atomic E-state index is 9.14. The average Bonchev–Trinajstić information content (AvgIpc) is 2.41. The van der Waals surface area contributed by atoms with Crippen molar-refractivity contribution in [1.82, 2.24) is 0 Å². The van der Waals surface area contributed by atoms with Gasteiger partial charge in [0.15, 0.2) is 0 Å². The lowest BCUT2D eigenvalue weighted by molar-refractivity contribution is 0.121. The number of ether oxygens (including phenoxy) is 1. The van der Waals surface area contributed by atoms with Crippen molar-refractivity contribution >= 4 is 0 Å². The van der Waals surface area contributed by atoms with Crippen molar-refractivity contribution in [3.8, 4) is 11.8 Å². The summed E-state index contributed by atoms with van der Waals surface area (Å²) in [4.78, 5) is 0. The van der Waals surface area contributed by atoms with E-state index in [1.807, 2.05) is 25.1 Å². The molecule has 2 nitrogen and oxygen atoms in total. The van der Waals surface area contributed by atoms with Crippen LogP contribution in [0.5, 0.6) is 5.75 Å². The van der Waals surface area contributed by atoms with Crippen molar-refractivity contribution in [2.24, 2.45) is 5.92 Å². The first kappa shape index (κ1) is 13.0. The first-order valence-electron chi connectivity index (χ1n) is 6.90. The molecule has 2 heteroatoms. The third-order valence-corrected chi connectivity index (χ3v) is 3.86. The molecule has 1 aromatic carbocycles. The maximum Gasteiger partial charge on any atom is 0.137 e. The summed E-state index contributed by atoms with van der Waals surface area (Å²) in [5.74, 6) is 1.55. The van der Waals surface area contributed by atoms with Crippen LogP contribution in [0.1, 0.15) is 50.2 Å². The van der Waals surface area contributed by atoms with E-state index in [1.165, 1.54) is 19.3 Å². The highest BCUT2D eigenvalue weighted by atomic mass is 16.5. The summed E-state index contributed by atoms with van der Waals surface area (Å²) in [5.41, 5.74) is 1.77. The van der Waals surface area contributed by atoms with E-state index in [2.05, 4.69) is 13.0 Å². The van der Waals surface area contributed by atoms with E-state index in [4.69, 9.17) is 10.00 Å². The molecule has 2 atom stereocenters. The summed E-state index contributed by atoms with van der Waals surface area (Å²) >= 11 is 0. The Labute approximate surface area is 110 Å². The zero-order valence-electron chi connectivity index (χ0n) is 11.3. The topological polar surface area (TPSA) is 33.0 Å². The summed E-state index contributed by atoms with van der Waals surface area (Å²) in [6, 6.07) is 8.07. The molecular weight excluding hydrogens is 222 g/mol. The first-order valence-corrected chi connectivity index (χ1v) is 6.90. The molecule has 1 aromatic rings. The molecule has 2 unspecified atom stereocenters. The molecule has 1 saturated carbocycles. The molecule has 0 bridgehead atoms. The molecule has 0 heterocycles. The SMILES string of the molecule is CCC1CCCC(Oc2ccc(C)cc2C#N)C1. The van der Waals surface area contributed by atoms with Crippen LogP contribution in [0.25, 0.3) is 0 Å². The molecule has 2 rings (SSSR count). The third kappa shape index (κ3) is 3.04. The van der Waals surface area contributed by atoms with Crippen LogP contribution < -0.4 is 4.74 Å². The fourth-order valence-corrected chi connectivity index (χ4v) is 2.73. The highest BCUT2D eigenvalue weighted by Crippen LogP contribution is 2.30. The Morgan fingerprint density at radius 2 is 2.22 bits per heavy atom. The minimum absolute atomic E-state index is 0.290. The fourth-order valence-electron chi connectivity index (χ4n) is 2.73. The lowest BCUT2D eigenvalue weighted by Gasteiger charge is -2.29. The van der Waals surface area contributed by atoms with Gasteiger partial charge in [0.25, 0.3) is 0 Å². The monoisotopic (exact) mass is 243 g/mol. The normalized spacial score (nSPS) is 23.4. The second kappa shape index (κ2) is 5.91. The largest absolute Gasteiger partial charge is 0.489 e. The summed E-state index contributed by atoms with van der Waals surface area (Å²) < 4.78 is 6.04. The lowest BCUT2D eigenvalue weighted by Crippen LogP contribution is -2.25. The number of benzene rings is 1. The Kier molecular flexibility index (Phi) is 4.25. The molecule has 0 radical (unpaired) electrons. The van der Waals surface area contributed by atoms with Gasteiger partial charge in [0.1, 0.15) is 11.8 Å². The highest BCUT2D eigenvalue weighted by molar-refractivity contribution is 5.45. The Morgan fingerprint density at radius 1 is 1.39 bits per heavy atom. The molecule has 0 spiro atoms. The molecule has 1 aliphatic carbocycles. The lowest BCUT2D eigenvalue weighted by atomic mass is 9.85. The van der Waals surface area contributed by atoms with Gasteiger partial charge in [-0.3, -0.25) is 0 Å². The van der Waals surface area contributed by atoms with Crippen molar-refractivity contribution in [3.05, 3.63) is 29.3 Å². The van der Waals surface area contributed by atoms with Crippen LogP contribution in [0, 0.1) is 24.2 Å². The van der Waals surface area contributed by atoms with Crippen LogP contribution in [0.3, 0.4) is 0 Å². The van der Waals surface area contributed by atoms with Gasteiger partial charge in [-0.25, -0.2) is 0 Å². The van der Waals surface area contributed by atoms with Gasteiger partial charge in [0.05, 0.1) is 11.7 Å². The number of hydrogen-bond acceptors (Lipinski definition) is 2. The predicted octanol–water partition coefficient (Wildman–Crippen LogP) is 4.21. The molecule has 96 valence electrons. The first-order chi connectivity index (χ1) is 8.72. The van der Waals surface area contributed by atoms with Crippen LogP contribution >= 0.6 is 0 Å². The summed E-state index contributed by atoms with van der Waals surface area (Å²) in [5, 5.41) is 9.14. The Bertz CT molecular complexity index is 447. The molecule has 0 amide bonds. The van der Waals surface area contributed by atoms with E-state index in [0.717, 1.165) is 30.1 Å². The molecule has 0 aliphatic heterocycles. The Morgan fingerprint density at radius 3 is 2.94 bits per heavy atom.